The number of nitrogens with zero attached hydrogens (tertiary/aromatic N) is 1. The van der Waals surface area contributed by atoms with Crippen molar-refractivity contribution >= 4 is 11.9 Å². The number of carbonyl (C=O) groups excluding carboxylic acids is 2. The number of ketones is 1. The molecule has 0 spiro atoms. The molecule has 0 aliphatic carbocycles. The first-order valence-corrected chi connectivity index (χ1v) is 5.86. The molecular weight excluding hydrogens is 218 g/mol. The normalized spacial score (nSPS) is 15.4. The summed E-state index contributed by atoms with van der Waals surface area (Å²) >= 11 is 0. The van der Waals surface area contributed by atoms with Gasteiger partial charge < -0.3 is 4.74 Å². The number of likely N-dealkylation sites (N-methyl/N-ethyl adjacent to an activating group) is 1. The Kier molecular flexibility index (Phi) is 4.75. The summed E-state index contributed by atoms with van der Waals surface area (Å²) in [6.07, 6.45) is -0.487. The zero-order valence-electron chi connectivity index (χ0n) is 12.2. The molecule has 17 heavy (non-hydrogen) atoms. The van der Waals surface area contributed by atoms with E-state index in [1.807, 2.05) is 34.6 Å². The minimum atomic E-state index is -0.856. The van der Waals surface area contributed by atoms with Crippen LogP contribution < -0.4 is 0 Å². The molecule has 1 atom stereocenters. The molecule has 100 valence electrons. The number of Topliss-reactive ketones (excluding diaryl/α,β-unsaturated/α-hetero) is 1. The molecule has 0 aromatic rings. The van der Waals surface area contributed by atoms with E-state index in [1.165, 1.54) is 12.0 Å². The first kappa shape index (κ1) is 15.9. The standard InChI is InChI=1S/C13H25NO3/c1-9(2)13(6,10(15)12(3,4)5)14(7)11(16)17-8/h9H,1-8H3. The van der Waals surface area contributed by atoms with Crippen molar-refractivity contribution in [1.29, 1.82) is 0 Å². The molecule has 0 radical (unpaired) electrons. The van der Waals surface area contributed by atoms with E-state index in [-0.39, 0.29) is 11.7 Å². The third-order valence-corrected chi connectivity index (χ3v) is 3.41. The summed E-state index contributed by atoms with van der Waals surface area (Å²) in [6, 6.07) is 0. The molecule has 0 aliphatic rings. The van der Waals surface area contributed by atoms with Crippen molar-refractivity contribution in [3.8, 4) is 0 Å². The van der Waals surface area contributed by atoms with E-state index >= 15 is 0 Å². The first-order valence-electron chi connectivity index (χ1n) is 5.86. The van der Waals surface area contributed by atoms with Gasteiger partial charge in [0.15, 0.2) is 5.78 Å². The Morgan fingerprint density at radius 1 is 1.12 bits per heavy atom. The molecule has 0 heterocycles. The monoisotopic (exact) mass is 243 g/mol. The van der Waals surface area contributed by atoms with Gasteiger partial charge in [0.2, 0.25) is 0 Å². The van der Waals surface area contributed by atoms with E-state index in [0.29, 0.717) is 0 Å². The van der Waals surface area contributed by atoms with Gasteiger partial charge in [-0.3, -0.25) is 9.69 Å². The number of carbonyl (C=O) groups is 2. The second-order valence-corrected chi connectivity index (χ2v) is 5.91. The molecule has 1 amide bonds. The third kappa shape index (κ3) is 2.99. The highest BCUT2D eigenvalue weighted by molar-refractivity contribution is 5.95. The molecule has 0 fully saturated rings. The lowest BCUT2D eigenvalue weighted by Crippen LogP contribution is -2.59. The molecule has 0 saturated heterocycles. The van der Waals surface area contributed by atoms with Gasteiger partial charge in [-0.15, -0.1) is 0 Å². The molecule has 0 aliphatic heterocycles. The van der Waals surface area contributed by atoms with E-state index in [0.717, 1.165) is 0 Å². The SMILES string of the molecule is COC(=O)N(C)C(C)(C(=O)C(C)(C)C)C(C)C. The maximum absolute atomic E-state index is 12.5. The van der Waals surface area contributed by atoms with Gasteiger partial charge in [-0.2, -0.15) is 0 Å². The van der Waals surface area contributed by atoms with Crippen LogP contribution in [0.5, 0.6) is 0 Å². The Morgan fingerprint density at radius 3 is 1.76 bits per heavy atom. The van der Waals surface area contributed by atoms with Crippen molar-refractivity contribution in [1.82, 2.24) is 4.90 Å². The molecule has 0 N–H and O–H groups in total. The molecule has 4 heteroatoms. The Labute approximate surface area is 104 Å². The van der Waals surface area contributed by atoms with E-state index in [1.54, 1.807) is 14.0 Å². The van der Waals surface area contributed by atoms with Crippen LogP contribution in [0.2, 0.25) is 0 Å². The molecule has 0 saturated carbocycles. The van der Waals surface area contributed by atoms with Gasteiger partial charge >= 0.3 is 6.09 Å². The van der Waals surface area contributed by atoms with Gasteiger partial charge in [-0.1, -0.05) is 34.6 Å². The number of hydrogen-bond donors (Lipinski definition) is 0. The molecule has 4 nitrogen and oxygen atoms in total. The summed E-state index contributed by atoms with van der Waals surface area (Å²) in [6.45, 7) is 11.2. The van der Waals surface area contributed by atoms with E-state index in [2.05, 4.69) is 0 Å². The van der Waals surface area contributed by atoms with Crippen LogP contribution in [-0.2, 0) is 9.53 Å². The molecule has 0 aromatic heterocycles. The van der Waals surface area contributed by atoms with Crippen LogP contribution in [0, 0.1) is 11.3 Å². The highest BCUT2D eigenvalue weighted by Crippen LogP contribution is 2.33. The van der Waals surface area contributed by atoms with Crippen molar-refractivity contribution in [2.24, 2.45) is 11.3 Å². The van der Waals surface area contributed by atoms with Crippen molar-refractivity contribution < 1.29 is 14.3 Å². The highest BCUT2D eigenvalue weighted by Gasteiger charge is 2.47. The van der Waals surface area contributed by atoms with Gasteiger partial charge in [-0.05, 0) is 12.8 Å². The second kappa shape index (κ2) is 5.07. The third-order valence-electron chi connectivity index (χ3n) is 3.41. The van der Waals surface area contributed by atoms with Crippen LogP contribution in [0.25, 0.3) is 0 Å². The van der Waals surface area contributed by atoms with Gasteiger partial charge in [0.25, 0.3) is 0 Å². The number of amides is 1. The van der Waals surface area contributed by atoms with Crippen molar-refractivity contribution in [3.63, 3.8) is 0 Å². The van der Waals surface area contributed by atoms with Crippen LogP contribution in [0.15, 0.2) is 0 Å². The van der Waals surface area contributed by atoms with E-state index < -0.39 is 17.0 Å². The molecule has 0 aromatic carbocycles. The quantitative estimate of drug-likeness (QED) is 0.765. The maximum Gasteiger partial charge on any atom is 0.410 e. The Bertz CT molecular complexity index is 304. The molecule has 1 unspecified atom stereocenters. The average Bonchev–Trinajstić information content (AvgIpc) is 2.23. The van der Waals surface area contributed by atoms with Crippen LogP contribution >= 0.6 is 0 Å². The number of hydrogen-bond acceptors (Lipinski definition) is 3. The van der Waals surface area contributed by atoms with Gasteiger partial charge in [-0.25, -0.2) is 4.79 Å². The summed E-state index contributed by atoms with van der Waals surface area (Å²) in [5.41, 5.74) is -1.35. The topological polar surface area (TPSA) is 46.6 Å². The lowest BCUT2D eigenvalue weighted by molar-refractivity contribution is -0.139. The van der Waals surface area contributed by atoms with Crippen LogP contribution in [0.1, 0.15) is 41.5 Å². The van der Waals surface area contributed by atoms with Crippen molar-refractivity contribution in [3.05, 3.63) is 0 Å². The van der Waals surface area contributed by atoms with Crippen LogP contribution in [-0.4, -0.2) is 36.5 Å². The summed E-state index contributed by atoms with van der Waals surface area (Å²) in [7, 11) is 2.93. The molecule has 0 bridgehead atoms. The summed E-state index contributed by atoms with van der Waals surface area (Å²) in [5, 5.41) is 0. The van der Waals surface area contributed by atoms with Crippen LogP contribution in [0.4, 0.5) is 4.79 Å². The molecule has 0 rings (SSSR count). The minimum Gasteiger partial charge on any atom is -0.453 e. The first-order chi connectivity index (χ1) is 7.49. The lowest BCUT2D eigenvalue weighted by Gasteiger charge is -2.43. The molecular formula is C13H25NO3. The van der Waals surface area contributed by atoms with Gasteiger partial charge in [0.1, 0.15) is 5.54 Å². The number of rotatable bonds is 3. The fourth-order valence-electron chi connectivity index (χ4n) is 1.89. The zero-order valence-corrected chi connectivity index (χ0v) is 12.2. The zero-order chi connectivity index (χ0) is 14.0. The largest absolute Gasteiger partial charge is 0.453 e. The minimum absolute atomic E-state index is 0.0123. The summed E-state index contributed by atoms with van der Waals surface area (Å²) in [5.74, 6) is 0.0474. The summed E-state index contributed by atoms with van der Waals surface area (Å²) in [4.78, 5) is 25.6. The fourth-order valence-corrected chi connectivity index (χ4v) is 1.89. The van der Waals surface area contributed by atoms with Crippen molar-refractivity contribution in [2.75, 3.05) is 14.2 Å². The summed E-state index contributed by atoms with van der Waals surface area (Å²) < 4.78 is 4.71. The van der Waals surface area contributed by atoms with Crippen molar-refractivity contribution in [2.45, 2.75) is 47.1 Å². The predicted molar refractivity (Wildman–Crippen MR) is 67.9 cm³/mol. The lowest BCUT2D eigenvalue weighted by atomic mass is 9.72. The number of methoxy groups -OCH3 is 1. The van der Waals surface area contributed by atoms with Gasteiger partial charge in [0, 0.05) is 12.5 Å². The predicted octanol–water partition coefficient (Wildman–Crippen LogP) is 2.71. The second-order valence-electron chi connectivity index (χ2n) is 5.91. The maximum atomic E-state index is 12.5. The van der Waals surface area contributed by atoms with E-state index in [4.69, 9.17) is 4.74 Å². The average molecular weight is 243 g/mol. The fraction of sp³-hybridized carbons (Fsp3) is 0.846. The smallest absolute Gasteiger partial charge is 0.410 e. The highest BCUT2D eigenvalue weighted by atomic mass is 16.5. The Morgan fingerprint density at radius 2 is 1.53 bits per heavy atom. The number of ether oxygens (including phenoxy) is 1. The van der Waals surface area contributed by atoms with Gasteiger partial charge in [0.05, 0.1) is 7.11 Å². The Balaban J connectivity index is 5.47. The Hall–Kier alpha value is -1.06. The van der Waals surface area contributed by atoms with Crippen LogP contribution in [0.3, 0.4) is 0 Å². The van der Waals surface area contributed by atoms with E-state index in [9.17, 15) is 9.59 Å².